The molecule has 6 heteroatoms. The molecule has 0 aliphatic heterocycles. The summed E-state index contributed by atoms with van der Waals surface area (Å²) in [5, 5.41) is 11.3. The van der Waals surface area contributed by atoms with Crippen molar-refractivity contribution in [1.29, 1.82) is 0 Å². The van der Waals surface area contributed by atoms with E-state index in [1.807, 2.05) is 6.26 Å². The van der Waals surface area contributed by atoms with E-state index in [1.54, 1.807) is 30.3 Å². The summed E-state index contributed by atoms with van der Waals surface area (Å²) < 4.78 is 4.95. The number of aliphatic carboxylic acids is 1. The lowest BCUT2D eigenvalue weighted by Gasteiger charge is -2.13. The fourth-order valence-electron chi connectivity index (χ4n) is 1.26. The number of carbonyl (C=O) groups is 2. The van der Waals surface area contributed by atoms with Crippen LogP contribution in [-0.4, -0.2) is 35.2 Å². The molecule has 0 radical (unpaired) electrons. The van der Waals surface area contributed by atoms with Crippen molar-refractivity contribution >= 4 is 23.8 Å². The molecule has 2 N–H and O–H groups in total. The number of thioether (sulfide) groups is 1. The topological polar surface area (TPSA) is 75.6 Å². The van der Waals surface area contributed by atoms with Crippen molar-refractivity contribution in [3.8, 4) is 5.75 Å². The van der Waals surface area contributed by atoms with Crippen LogP contribution in [0.2, 0.25) is 0 Å². The summed E-state index contributed by atoms with van der Waals surface area (Å²) in [6.45, 7) is 0. The summed E-state index contributed by atoms with van der Waals surface area (Å²) in [5.74, 6) is -0.0270. The average Bonchev–Trinajstić information content (AvgIpc) is 2.35. The molecular weight excluding hydrogens is 254 g/mol. The smallest absolute Gasteiger partial charge is 0.413 e. The summed E-state index contributed by atoms with van der Waals surface area (Å²) in [7, 11) is 0. The standard InChI is InChI=1S/C12H15NO4S/c1-18-8-7-10(11(14)15)13-12(16)17-9-5-3-2-4-6-9/h2-6,10H,7-8H2,1H3,(H,13,16)(H,14,15)/t10-/m1/s1. The first-order valence-electron chi connectivity index (χ1n) is 5.38. The van der Waals surface area contributed by atoms with Gasteiger partial charge in [0.1, 0.15) is 11.8 Å². The third-order valence-corrected chi connectivity index (χ3v) is 2.80. The van der Waals surface area contributed by atoms with Gasteiger partial charge >= 0.3 is 12.1 Å². The van der Waals surface area contributed by atoms with Crippen molar-refractivity contribution in [2.45, 2.75) is 12.5 Å². The van der Waals surface area contributed by atoms with Gasteiger partial charge in [-0.1, -0.05) is 18.2 Å². The molecule has 18 heavy (non-hydrogen) atoms. The van der Waals surface area contributed by atoms with Gasteiger partial charge < -0.3 is 15.2 Å². The lowest BCUT2D eigenvalue weighted by Crippen LogP contribution is -2.42. The van der Waals surface area contributed by atoms with Crippen LogP contribution in [0.1, 0.15) is 6.42 Å². The quantitative estimate of drug-likeness (QED) is 0.826. The van der Waals surface area contributed by atoms with Gasteiger partial charge in [-0.25, -0.2) is 9.59 Å². The molecule has 0 aliphatic rings. The lowest BCUT2D eigenvalue weighted by atomic mass is 10.2. The molecule has 1 aromatic carbocycles. The Hall–Kier alpha value is -1.69. The number of para-hydroxylation sites is 1. The van der Waals surface area contributed by atoms with Crippen molar-refractivity contribution in [2.75, 3.05) is 12.0 Å². The molecule has 0 unspecified atom stereocenters. The Labute approximate surface area is 110 Å². The molecule has 1 atom stereocenters. The molecule has 0 fully saturated rings. The van der Waals surface area contributed by atoms with Crippen LogP contribution < -0.4 is 10.1 Å². The molecule has 0 saturated heterocycles. The summed E-state index contributed by atoms with van der Waals surface area (Å²) in [6, 6.07) is 7.57. The number of carboxylic acid groups (broad SMARTS) is 1. The zero-order chi connectivity index (χ0) is 13.4. The zero-order valence-corrected chi connectivity index (χ0v) is 10.8. The van der Waals surface area contributed by atoms with E-state index in [2.05, 4.69) is 5.32 Å². The van der Waals surface area contributed by atoms with Gasteiger partial charge in [-0.2, -0.15) is 11.8 Å². The first-order chi connectivity index (χ1) is 8.63. The molecule has 1 amide bonds. The van der Waals surface area contributed by atoms with E-state index < -0.39 is 18.1 Å². The SMILES string of the molecule is CSCC[C@@H](NC(=O)Oc1ccccc1)C(=O)O. The Morgan fingerprint density at radius 1 is 1.39 bits per heavy atom. The van der Waals surface area contributed by atoms with Crippen LogP contribution >= 0.6 is 11.8 Å². The Kier molecular flexibility index (Phi) is 6.07. The number of benzene rings is 1. The Morgan fingerprint density at radius 3 is 2.61 bits per heavy atom. The van der Waals surface area contributed by atoms with E-state index in [0.29, 0.717) is 17.9 Å². The molecule has 98 valence electrons. The fourth-order valence-corrected chi connectivity index (χ4v) is 1.73. The molecule has 0 aromatic heterocycles. The van der Waals surface area contributed by atoms with Crippen molar-refractivity contribution in [3.63, 3.8) is 0 Å². The minimum atomic E-state index is -1.06. The molecule has 5 nitrogen and oxygen atoms in total. The number of nitrogens with one attached hydrogen (secondary N) is 1. The maximum absolute atomic E-state index is 11.5. The molecule has 0 saturated carbocycles. The number of hydrogen-bond acceptors (Lipinski definition) is 4. The van der Waals surface area contributed by atoms with Gasteiger partial charge in [0.15, 0.2) is 0 Å². The average molecular weight is 269 g/mol. The van der Waals surface area contributed by atoms with Gasteiger partial charge in [-0.15, -0.1) is 0 Å². The molecular formula is C12H15NO4S. The minimum absolute atomic E-state index is 0.361. The Bertz CT molecular complexity index is 396. The van der Waals surface area contributed by atoms with E-state index in [4.69, 9.17) is 9.84 Å². The monoisotopic (exact) mass is 269 g/mol. The van der Waals surface area contributed by atoms with Crippen LogP contribution in [0.3, 0.4) is 0 Å². The van der Waals surface area contributed by atoms with Crippen LogP contribution in [0.4, 0.5) is 4.79 Å². The molecule has 1 aromatic rings. The van der Waals surface area contributed by atoms with Crippen molar-refractivity contribution in [2.24, 2.45) is 0 Å². The zero-order valence-electron chi connectivity index (χ0n) is 9.96. The molecule has 0 spiro atoms. The van der Waals surface area contributed by atoms with Crippen LogP contribution in [0.5, 0.6) is 5.75 Å². The van der Waals surface area contributed by atoms with E-state index >= 15 is 0 Å². The highest BCUT2D eigenvalue weighted by molar-refractivity contribution is 7.98. The van der Waals surface area contributed by atoms with Crippen LogP contribution in [0, 0.1) is 0 Å². The lowest BCUT2D eigenvalue weighted by molar-refractivity contribution is -0.139. The number of carboxylic acids is 1. The maximum atomic E-state index is 11.5. The van der Waals surface area contributed by atoms with Gasteiger partial charge in [-0.05, 0) is 30.6 Å². The summed E-state index contributed by atoms with van der Waals surface area (Å²) in [6.07, 6.45) is 1.48. The van der Waals surface area contributed by atoms with E-state index in [-0.39, 0.29) is 0 Å². The number of ether oxygens (including phenoxy) is 1. The number of carbonyl (C=O) groups excluding carboxylic acids is 1. The second-order valence-corrected chi connectivity index (χ2v) is 4.50. The maximum Gasteiger partial charge on any atom is 0.413 e. The normalized spacial score (nSPS) is 11.6. The summed E-state index contributed by atoms with van der Waals surface area (Å²) >= 11 is 1.52. The van der Waals surface area contributed by atoms with Crippen molar-refractivity contribution in [1.82, 2.24) is 5.32 Å². The van der Waals surface area contributed by atoms with Crippen LogP contribution in [-0.2, 0) is 4.79 Å². The van der Waals surface area contributed by atoms with Gasteiger partial charge in [0, 0.05) is 0 Å². The number of hydrogen-bond donors (Lipinski definition) is 2. The third-order valence-electron chi connectivity index (χ3n) is 2.15. The van der Waals surface area contributed by atoms with Gasteiger partial charge in [0.05, 0.1) is 0 Å². The third kappa shape index (κ3) is 5.09. The fraction of sp³-hybridized carbons (Fsp3) is 0.333. The Morgan fingerprint density at radius 2 is 2.06 bits per heavy atom. The van der Waals surface area contributed by atoms with E-state index in [1.165, 1.54) is 11.8 Å². The van der Waals surface area contributed by atoms with E-state index in [0.717, 1.165) is 0 Å². The number of amides is 1. The number of rotatable bonds is 6. The van der Waals surface area contributed by atoms with Gasteiger partial charge in [0.2, 0.25) is 0 Å². The first-order valence-corrected chi connectivity index (χ1v) is 6.78. The van der Waals surface area contributed by atoms with Crippen molar-refractivity contribution in [3.05, 3.63) is 30.3 Å². The second-order valence-electron chi connectivity index (χ2n) is 3.52. The molecule has 1 rings (SSSR count). The molecule has 0 bridgehead atoms. The second kappa shape index (κ2) is 7.60. The van der Waals surface area contributed by atoms with Crippen molar-refractivity contribution < 1.29 is 19.4 Å². The molecule has 0 aliphatic carbocycles. The Balaban J connectivity index is 2.48. The summed E-state index contributed by atoms with van der Waals surface area (Å²) in [5.41, 5.74) is 0. The predicted octanol–water partition coefficient (Wildman–Crippen LogP) is 1.98. The highest BCUT2D eigenvalue weighted by atomic mass is 32.2. The summed E-state index contributed by atoms with van der Waals surface area (Å²) in [4.78, 5) is 22.4. The van der Waals surface area contributed by atoms with E-state index in [9.17, 15) is 9.59 Å². The van der Waals surface area contributed by atoms with Gasteiger partial charge in [0.25, 0.3) is 0 Å². The van der Waals surface area contributed by atoms with Crippen LogP contribution in [0.15, 0.2) is 30.3 Å². The predicted molar refractivity (Wildman–Crippen MR) is 70.0 cm³/mol. The highest BCUT2D eigenvalue weighted by Gasteiger charge is 2.20. The minimum Gasteiger partial charge on any atom is -0.480 e. The van der Waals surface area contributed by atoms with Crippen LogP contribution in [0.25, 0.3) is 0 Å². The highest BCUT2D eigenvalue weighted by Crippen LogP contribution is 2.09. The van der Waals surface area contributed by atoms with Gasteiger partial charge in [-0.3, -0.25) is 0 Å². The molecule has 0 heterocycles. The largest absolute Gasteiger partial charge is 0.480 e. The first kappa shape index (κ1) is 14.4.